The minimum Gasteiger partial charge on any atom is -0.355 e. The summed E-state index contributed by atoms with van der Waals surface area (Å²) in [4.78, 5) is 13.4. The number of hydrogen-bond acceptors (Lipinski definition) is 5. The Kier molecular flexibility index (Phi) is 4.05. The second kappa shape index (κ2) is 5.95. The molecule has 1 aliphatic carbocycles. The Bertz CT molecular complexity index is 438. The van der Waals surface area contributed by atoms with Crippen molar-refractivity contribution in [2.24, 2.45) is 5.92 Å². The van der Waals surface area contributed by atoms with Gasteiger partial charge in [-0.1, -0.05) is 0 Å². The molecule has 1 saturated heterocycles. The third kappa shape index (κ3) is 3.39. The quantitative estimate of drug-likeness (QED) is 0.852. The summed E-state index contributed by atoms with van der Waals surface area (Å²) in [6.45, 7) is 3.37. The molecular formula is C15H25N5. The molecule has 0 spiro atoms. The first-order chi connectivity index (χ1) is 9.72. The van der Waals surface area contributed by atoms with Gasteiger partial charge in [0.25, 0.3) is 0 Å². The topological polar surface area (TPSA) is 44.3 Å². The second-order valence-corrected chi connectivity index (χ2v) is 6.25. The third-order valence-electron chi connectivity index (χ3n) is 4.13. The van der Waals surface area contributed by atoms with Crippen molar-refractivity contribution in [1.82, 2.24) is 15.3 Å². The molecular weight excluding hydrogens is 250 g/mol. The molecule has 0 aromatic carbocycles. The lowest BCUT2D eigenvalue weighted by atomic mass is 10.2. The Labute approximate surface area is 121 Å². The molecule has 2 aliphatic rings. The fourth-order valence-corrected chi connectivity index (χ4v) is 2.78. The maximum absolute atomic E-state index is 4.71. The number of anilines is 2. The van der Waals surface area contributed by atoms with E-state index >= 15 is 0 Å². The van der Waals surface area contributed by atoms with Crippen LogP contribution in [0, 0.1) is 5.92 Å². The zero-order valence-electron chi connectivity index (χ0n) is 12.5. The minimum absolute atomic E-state index is 0.617. The van der Waals surface area contributed by atoms with Crippen molar-refractivity contribution in [2.45, 2.75) is 31.7 Å². The molecule has 2 fully saturated rings. The van der Waals surface area contributed by atoms with Crippen LogP contribution in [0.3, 0.4) is 0 Å². The highest BCUT2D eigenvalue weighted by Gasteiger charge is 2.27. The van der Waals surface area contributed by atoms with Crippen molar-refractivity contribution in [2.75, 3.05) is 43.5 Å². The van der Waals surface area contributed by atoms with Gasteiger partial charge in [-0.3, -0.25) is 0 Å². The van der Waals surface area contributed by atoms with Crippen molar-refractivity contribution in [3.63, 3.8) is 0 Å². The van der Waals surface area contributed by atoms with Crippen LogP contribution in [0.1, 0.15) is 25.7 Å². The number of nitrogens with zero attached hydrogens (tertiary/aromatic N) is 4. The van der Waals surface area contributed by atoms with Crippen molar-refractivity contribution >= 4 is 11.8 Å². The summed E-state index contributed by atoms with van der Waals surface area (Å²) in [6, 6.07) is 2.66. The lowest BCUT2D eigenvalue weighted by molar-refractivity contribution is 0.567. The molecule has 1 aliphatic heterocycles. The van der Waals surface area contributed by atoms with Gasteiger partial charge in [-0.05, 0) is 44.2 Å². The zero-order chi connectivity index (χ0) is 13.9. The molecule has 1 aromatic heterocycles. The molecule has 1 atom stereocenters. The lowest BCUT2D eigenvalue weighted by Gasteiger charge is -2.27. The summed E-state index contributed by atoms with van der Waals surface area (Å²) >= 11 is 0. The van der Waals surface area contributed by atoms with Gasteiger partial charge in [-0.25, -0.2) is 4.98 Å². The van der Waals surface area contributed by atoms with Crippen LogP contribution < -0.4 is 15.1 Å². The van der Waals surface area contributed by atoms with Crippen LogP contribution in [-0.2, 0) is 0 Å². The van der Waals surface area contributed by atoms with Gasteiger partial charge in [-0.15, -0.1) is 0 Å². The van der Waals surface area contributed by atoms with E-state index in [4.69, 9.17) is 4.98 Å². The van der Waals surface area contributed by atoms with Crippen molar-refractivity contribution in [3.8, 4) is 0 Å². The van der Waals surface area contributed by atoms with Crippen LogP contribution in [-0.4, -0.2) is 49.7 Å². The first kappa shape index (κ1) is 13.6. The van der Waals surface area contributed by atoms with Gasteiger partial charge in [0.2, 0.25) is 5.95 Å². The molecule has 1 aromatic rings. The fraction of sp³-hybridized carbons (Fsp3) is 0.733. The van der Waals surface area contributed by atoms with E-state index in [0.29, 0.717) is 6.04 Å². The van der Waals surface area contributed by atoms with Gasteiger partial charge in [0.05, 0.1) is 0 Å². The average molecular weight is 275 g/mol. The zero-order valence-corrected chi connectivity index (χ0v) is 12.5. The SMILES string of the molecule is CN(C)c1nccc(N(CC2CC2)CC2CCCN2)n1. The Morgan fingerprint density at radius 2 is 2.10 bits per heavy atom. The summed E-state index contributed by atoms with van der Waals surface area (Å²) in [5.41, 5.74) is 0. The predicted octanol–water partition coefficient (Wildman–Crippen LogP) is 1.51. The van der Waals surface area contributed by atoms with E-state index < -0.39 is 0 Å². The molecule has 5 heteroatoms. The van der Waals surface area contributed by atoms with E-state index in [1.165, 1.54) is 25.7 Å². The minimum atomic E-state index is 0.617. The van der Waals surface area contributed by atoms with Crippen molar-refractivity contribution < 1.29 is 0 Å². The Morgan fingerprint density at radius 1 is 1.25 bits per heavy atom. The molecule has 0 radical (unpaired) electrons. The van der Waals surface area contributed by atoms with E-state index in [0.717, 1.165) is 37.3 Å². The Balaban J connectivity index is 1.74. The van der Waals surface area contributed by atoms with E-state index in [1.54, 1.807) is 0 Å². The molecule has 2 heterocycles. The second-order valence-electron chi connectivity index (χ2n) is 6.25. The van der Waals surface area contributed by atoms with Gasteiger partial charge in [0.15, 0.2) is 0 Å². The highest BCUT2D eigenvalue weighted by molar-refractivity contribution is 5.43. The van der Waals surface area contributed by atoms with Crippen molar-refractivity contribution in [1.29, 1.82) is 0 Å². The Morgan fingerprint density at radius 3 is 2.75 bits per heavy atom. The van der Waals surface area contributed by atoms with Crippen LogP contribution >= 0.6 is 0 Å². The van der Waals surface area contributed by atoms with E-state index in [2.05, 4.69) is 15.2 Å². The summed E-state index contributed by atoms with van der Waals surface area (Å²) in [5, 5.41) is 3.59. The monoisotopic (exact) mass is 275 g/mol. The maximum Gasteiger partial charge on any atom is 0.226 e. The lowest BCUT2D eigenvalue weighted by Crippen LogP contribution is -2.39. The van der Waals surface area contributed by atoms with Gasteiger partial charge >= 0.3 is 0 Å². The first-order valence-corrected chi connectivity index (χ1v) is 7.71. The van der Waals surface area contributed by atoms with Gasteiger partial charge < -0.3 is 15.1 Å². The summed E-state index contributed by atoms with van der Waals surface area (Å²) in [6.07, 6.45) is 7.21. The average Bonchev–Trinajstić information content (AvgIpc) is 3.12. The number of hydrogen-bond donors (Lipinski definition) is 1. The molecule has 5 nitrogen and oxygen atoms in total. The Hall–Kier alpha value is -1.36. The standard InChI is InChI=1S/C15H25N5/c1-19(2)15-17-9-7-14(18-15)20(10-12-5-6-12)11-13-4-3-8-16-13/h7,9,12-13,16H,3-6,8,10-11H2,1-2H3. The van der Waals surface area contributed by atoms with Crippen LogP contribution in [0.25, 0.3) is 0 Å². The van der Waals surface area contributed by atoms with E-state index in [-0.39, 0.29) is 0 Å². The normalized spacial score (nSPS) is 22.0. The van der Waals surface area contributed by atoms with E-state index in [1.807, 2.05) is 31.3 Å². The van der Waals surface area contributed by atoms with Gasteiger partial charge in [0.1, 0.15) is 5.82 Å². The molecule has 1 saturated carbocycles. The fourth-order valence-electron chi connectivity index (χ4n) is 2.78. The predicted molar refractivity (Wildman–Crippen MR) is 82.3 cm³/mol. The largest absolute Gasteiger partial charge is 0.355 e. The van der Waals surface area contributed by atoms with E-state index in [9.17, 15) is 0 Å². The molecule has 0 amide bonds. The molecule has 1 unspecified atom stereocenters. The highest BCUT2D eigenvalue weighted by atomic mass is 15.3. The van der Waals surface area contributed by atoms with Crippen LogP contribution in [0.2, 0.25) is 0 Å². The molecule has 3 rings (SSSR count). The first-order valence-electron chi connectivity index (χ1n) is 7.71. The van der Waals surface area contributed by atoms with Crippen molar-refractivity contribution in [3.05, 3.63) is 12.3 Å². The van der Waals surface area contributed by atoms with Gasteiger partial charge in [0, 0.05) is 39.4 Å². The smallest absolute Gasteiger partial charge is 0.226 e. The summed E-state index contributed by atoms with van der Waals surface area (Å²) in [5.74, 6) is 2.74. The van der Waals surface area contributed by atoms with Crippen LogP contribution in [0.5, 0.6) is 0 Å². The molecule has 1 N–H and O–H groups in total. The molecule has 110 valence electrons. The van der Waals surface area contributed by atoms with Gasteiger partial charge in [-0.2, -0.15) is 4.98 Å². The van der Waals surface area contributed by atoms with Crippen LogP contribution in [0.15, 0.2) is 12.3 Å². The third-order valence-corrected chi connectivity index (χ3v) is 4.13. The summed E-state index contributed by atoms with van der Waals surface area (Å²) in [7, 11) is 3.98. The number of aromatic nitrogens is 2. The highest BCUT2D eigenvalue weighted by Crippen LogP contribution is 2.31. The summed E-state index contributed by atoms with van der Waals surface area (Å²) < 4.78 is 0. The maximum atomic E-state index is 4.71. The molecule has 20 heavy (non-hydrogen) atoms. The number of nitrogens with one attached hydrogen (secondary N) is 1. The molecule has 0 bridgehead atoms. The number of rotatable bonds is 6. The van der Waals surface area contributed by atoms with Crippen LogP contribution in [0.4, 0.5) is 11.8 Å².